The van der Waals surface area contributed by atoms with Crippen LogP contribution in [0.1, 0.15) is 24.9 Å². The maximum atomic E-state index is 14.0. The molecule has 2 aromatic rings. The zero-order chi connectivity index (χ0) is 26.7. The van der Waals surface area contributed by atoms with Gasteiger partial charge in [0.05, 0.1) is 45.5 Å². The number of hydrogen-bond acceptors (Lipinski definition) is 9. The fourth-order valence-corrected chi connectivity index (χ4v) is 5.95. The highest BCUT2D eigenvalue weighted by molar-refractivity contribution is 7.98. The highest BCUT2D eigenvalue weighted by Gasteiger charge is 2.69. The van der Waals surface area contributed by atoms with E-state index in [0.29, 0.717) is 47.3 Å². The number of anilines is 1. The first-order valence-electron chi connectivity index (χ1n) is 12.0. The van der Waals surface area contributed by atoms with Crippen molar-refractivity contribution in [2.45, 2.75) is 24.9 Å². The molecule has 0 aromatic heterocycles. The van der Waals surface area contributed by atoms with E-state index in [1.807, 2.05) is 13.2 Å². The highest BCUT2D eigenvalue weighted by atomic mass is 32.2. The molecule has 0 bridgehead atoms. The Labute approximate surface area is 220 Å². The third-order valence-electron chi connectivity index (χ3n) is 7.09. The minimum absolute atomic E-state index is 0.313. The fraction of sp³-hybridized carbons (Fsp3) is 0.444. The highest BCUT2D eigenvalue weighted by Crippen LogP contribution is 2.53. The topological polar surface area (TPSA) is 103 Å². The zero-order valence-corrected chi connectivity index (χ0v) is 22.4. The number of nitrogens with zero attached hydrogens (tertiary/aromatic N) is 1. The molecule has 2 amide bonds. The number of benzene rings is 2. The van der Waals surface area contributed by atoms with Gasteiger partial charge >= 0.3 is 5.97 Å². The smallest absolute Gasteiger partial charge is 0.326 e. The predicted molar refractivity (Wildman–Crippen MR) is 140 cm³/mol. The summed E-state index contributed by atoms with van der Waals surface area (Å²) in [5.74, 6) is -0.897. The van der Waals surface area contributed by atoms with Crippen LogP contribution in [0.2, 0.25) is 0 Å². The first-order valence-corrected chi connectivity index (χ1v) is 13.4. The van der Waals surface area contributed by atoms with Crippen molar-refractivity contribution in [3.05, 3.63) is 48.0 Å². The number of nitrogens with one attached hydrogen (secondary N) is 1. The van der Waals surface area contributed by atoms with Gasteiger partial charge in [-0.3, -0.25) is 19.7 Å². The molecule has 2 aliphatic rings. The van der Waals surface area contributed by atoms with Crippen molar-refractivity contribution in [3.8, 4) is 17.2 Å². The molecule has 2 fully saturated rings. The Hall–Kier alpha value is -3.24. The number of thioether (sulfide) groups is 1. The van der Waals surface area contributed by atoms with Crippen LogP contribution in [0.5, 0.6) is 17.2 Å². The summed E-state index contributed by atoms with van der Waals surface area (Å²) in [7, 11) is 4.38. The first kappa shape index (κ1) is 26.8. The van der Waals surface area contributed by atoms with Crippen LogP contribution >= 0.6 is 11.8 Å². The summed E-state index contributed by atoms with van der Waals surface area (Å²) in [5.41, 5.74) is -0.301. The monoisotopic (exact) mass is 528 g/mol. The lowest BCUT2D eigenvalue weighted by molar-refractivity contribution is -0.152. The number of imide groups is 1. The number of hydrogen-bond donors (Lipinski definition) is 1. The first-order chi connectivity index (χ1) is 17.9. The summed E-state index contributed by atoms with van der Waals surface area (Å²) in [5, 5.41) is 3.38. The second-order valence-corrected chi connectivity index (χ2v) is 9.86. The molecule has 37 heavy (non-hydrogen) atoms. The van der Waals surface area contributed by atoms with Crippen molar-refractivity contribution < 1.29 is 33.3 Å². The molecule has 10 heteroatoms. The van der Waals surface area contributed by atoms with Gasteiger partial charge in [0.1, 0.15) is 22.8 Å². The van der Waals surface area contributed by atoms with Gasteiger partial charge < -0.3 is 18.9 Å². The minimum atomic E-state index is -1.38. The van der Waals surface area contributed by atoms with E-state index in [-0.39, 0.29) is 5.91 Å². The van der Waals surface area contributed by atoms with Gasteiger partial charge in [-0.25, -0.2) is 4.90 Å². The van der Waals surface area contributed by atoms with E-state index < -0.39 is 35.3 Å². The summed E-state index contributed by atoms with van der Waals surface area (Å²) in [6.45, 7) is 2.38. The van der Waals surface area contributed by atoms with Gasteiger partial charge in [0.2, 0.25) is 11.8 Å². The molecule has 0 spiro atoms. The molecule has 4 atom stereocenters. The van der Waals surface area contributed by atoms with Gasteiger partial charge in [0, 0.05) is 17.7 Å². The Bertz CT molecular complexity index is 1170. The molecular formula is C27H32N2O7S. The van der Waals surface area contributed by atoms with E-state index in [1.165, 1.54) is 19.1 Å². The summed E-state index contributed by atoms with van der Waals surface area (Å²) in [4.78, 5) is 42.6. The molecule has 0 radical (unpaired) electrons. The SMILES string of the molecule is CCOc1ccc(N2C(=O)[C@H]3[C@@H](C2=O)[C@](CCSC)(C(=O)OC)N[C@H]3c2ccc(OC)cc2OC)cc1. The second kappa shape index (κ2) is 11.0. The van der Waals surface area contributed by atoms with Crippen molar-refractivity contribution in [1.29, 1.82) is 0 Å². The van der Waals surface area contributed by atoms with Gasteiger partial charge in [0.15, 0.2) is 0 Å². The normalized spacial score (nSPS) is 24.7. The van der Waals surface area contributed by atoms with Gasteiger partial charge in [-0.15, -0.1) is 0 Å². The summed E-state index contributed by atoms with van der Waals surface area (Å²) >= 11 is 1.55. The van der Waals surface area contributed by atoms with Crippen molar-refractivity contribution in [2.24, 2.45) is 11.8 Å². The molecule has 1 N–H and O–H groups in total. The van der Waals surface area contributed by atoms with E-state index in [2.05, 4.69) is 5.32 Å². The number of esters is 1. The molecule has 2 heterocycles. The third kappa shape index (κ3) is 4.53. The van der Waals surface area contributed by atoms with Crippen LogP contribution in [0.25, 0.3) is 0 Å². The van der Waals surface area contributed by atoms with Crippen LogP contribution in [0.4, 0.5) is 5.69 Å². The number of fused-ring (bicyclic) bond motifs is 1. The van der Waals surface area contributed by atoms with Crippen LogP contribution < -0.4 is 24.4 Å². The molecule has 9 nitrogen and oxygen atoms in total. The van der Waals surface area contributed by atoms with E-state index in [1.54, 1.807) is 61.3 Å². The fourth-order valence-electron chi connectivity index (χ4n) is 5.42. The lowest BCUT2D eigenvalue weighted by Gasteiger charge is -2.32. The quantitative estimate of drug-likeness (QED) is 0.368. The Morgan fingerprint density at radius 3 is 2.32 bits per heavy atom. The molecule has 2 aliphatic heterocycles. The largest absolute Gasteiger partial charge is 0.497 e. The maximum absolute atomic E-state index is 14.0. The summed E-state index contributed by atoms with van der Waals surface area (Å²) < 4.78 is 21.7. The third-order valence-corrected chi connectivity index (χ3v) is 7.70. The van der Waals surface area contributed by atoms with Crippen LogP contribution in [0.15, 0.2) is 42.5 Å². The van der Waals surface area contributed by atoms with Crippen LogP contribution in [0, 0.1) is 11.8 Å². The number of amides is 2. The zero-order valence-electron chi connectivity index (χ0n) is 21.6. The molecule has 2 aromatic carbocycles. The maximum Gasteiger partial charge on any atom is 0.326 e. The van der Waals surface area contributed by atoms with Gasteiger partial charge in [-0.2, -0.15) is 11.8 Å². The second-order valence-electron chi connectivity index (χ2n) is 8.88. The average molecular weight is 529 g/mol. The number of carbonyl (C=O) groups is 3. The molecular weight excluding hydrogens is 496 g/mol. The van der Waals surface area contributed by atoms with Crippen LogP contribution in [0.3, 0.4) is 0 Å². The number of ether oxygens (including phenoxy) is 4. The lowest BCUT2D eigenvalue weighted by atomic mass is 9.77. The molecule has 2 saturated heterocycles. The molecule has 198 valence electrons. The average Bonchev–Trinajstić information content (AvgIpc) is 3.40. The lowest BCUT2D eigenvalue weighted by Crippen LogP contribution is -2.56. The Balaban J connectivity index is 1.85. The van der Waals surface area contributed by atoms with E-state index >= 15 is 0 Å². The Morgan fingerprint density at radius 2 is 1.73 bits per heavy atom. The summed E-state index contributed by atoms with van der Waals surface area (Å²) in [6.07, 6.45) is 2.24. The molecule has 0 saturated carbocycles. The molecule has 4 rings (SSSR count). The van der Waals surface area contributed by atoms with Crippen LogP contribution in [-0.2, 0) is 19.1 Å². The Kier molecular flexibility index (Phi) is 7.99. The molecule has 0 unspecified atom stereocenters. The van der Waals surface area contributed by atoms with Crippen molar-refractivity contribution in [3.63, 3.8) is 0 Å². The Morgan fingerprint density at radius 1 is 1.03 bits per heavy atom. The van der Waals surface area contributed by atoms with E-state index in [9.17, 15) is 14.4 Å². The molecule has 0 aliphatic carbocycles. The van der Waals surface area contributed by atoms with Crippen LogP contribution in [-0.4, -0.2) is 63.3 Å². The van der Waals surface area contributed by atoms with E-state index in [0.717, 1.165) is 0 Å². The predicted octanol–water partition coefficient (Wildman–Crippen LogP) is 3.22. The number of rotatable bonds is 10. The van der Waals surface area contributed by atoms with E-state index in [4.69, 9.17) is 18.9 Å². The summed E-state index contributed by atoms with van der Waals surface area (Å²) in [6, 6.07) is 11.4. The number of methoxy groups -OCH3 is 3. The standard InChI is InChI=1S/C27H32N2O7S/c1-6-36-17-9-7-16(8-10-17)29-24(30)21-22(25(29)31)27(13-14-37-5,26(32)35-4)28-23(21)19-12-11-18(33-2)15-20(19)34-3/h7-12,15,21-23,28H,6,13-14H2,1-5H3/t21-,22-,23-,27+/m0/s1. The minimum Gasteiger partial charge on any atom is -0.497 e. The number of carbonyl (C=O) groups excluding carboxylic acids is 3. The van der Waals surface area contributed by atoms with Gasteiger partial charge in [-0.1, -0.05) is 6.07 Å². The van der Waals surface area contributed by atoms with Crippen molar-refractivity contribution >= 4 is 35.2 Å². The van der Waals surface area contributed by atoms with Crippen molar-refractivity contribution in [1.82, 2.24) is 5.32 Å². The van der Waals surface area contributed by atoms with Gasteiger partial charge in [-0.05, 0) is 55.7 Å². The van der Waals surface area contributed by atoms with Crippen molar-refractivity contribution in [2.75, 3.05) is 44.8 Å². The van der Waals surface area contributed by atoms with Gasteiger partial charge in [0.25, 0.3) is 0 Å².